The van der Waals surface area contributed by atoms with Crippen LogP contribution in [0.3, 0.4) is 0 Å². The lowest BCUT2D eigenvalue weighted by Gasteiger charge is -2.26. The van der Waals surface area contributed by atoms with E-state index in [2.05, 4.69) is 20.2 Å². The standard InChI is InChI=1S/C23H26ClFN4O4/c24-18-12-16(2-3-19(18)25)28-23-17-13-21(32-8-1-4-29-5-9-31-10-6-29)22(33-11-7-30)14-20(17)26-15-27-23/h2-3,12-15,30H,1,4-11H2,(H,26,27,28). The molecule has 2 N–H and O–H groups in total. The highest BCUT2D eigenvalue weighted by Crippen LogP contribution is 2.35. The number of fused-ring (bicyclic) bond motifs is 1. The van der Waals surface area contributed by atoms with Crippen LogP contribution in [0.5, 0.6) is 11.5 Å². The molecule has 176 valence electrons. The van der Waals surface area contributed by atoms with Crippen molar-refractivity contribution in [2.45, 2.75) is 6.42 Å². The van der Waals surface area contributed by atoms with Gasteiger partial charge in [0.2, 0.25) is 0 Å². The molecular formula is C23H26ClFN4O4. The zero-order valence-corrected chi connectivity index (χ0v) is 18.9. The van der Waals surface area contributed by atoms with Gasteiger partial charge in [0.1, 0.15) is 24.6 Å². The van der Waals surface area contributed by atoms with Crippen LogP contribution in [0.25, 0.3) is 10.9 Å². The van der Waals surface area contributed by atoms with Crippen molar-refractivity contribution in [1.82, 2.24) is 14.9 Å². The first-order chi connectivity index (χ1) is 16.1. The minimum Gasteiger partial charge on any atom is -0.490 e. The van der Waals surface area contributed by atoms with E-state index in [0.29, 0.717) is 40.5 Å². The molecular weight excluding hydrogens is 451 g/mol. The summed E-state index contributed by atoms with van der Waals surface area (Å²) in [5, 5.41) is 13.1. The van der Waals surface area contributed by atoms with Gasteiger partial charge < -0.3 is 24.6 Å². The second-order valence-corrected chi connectivity index (χ2v) is 7.93. The van der Waals surface area contributed by atoms with Crippen LogP contribution in [-0.4, -0.2) is 72.6 Å². The van der Waals surface area contributed by atoms with Gasteiger partial charge in [0.25, 0.3) is 0 Å². The predicted molar refractivity (Wildman–Crippen MR) is 124 cm³/mol. The van der Waals surface area contributed by atoms with Crippen molar-refractivity contribution in [2.24, 2.45) is 0 Å². The monoisotopic (exact) mass is 476 g/mol. The Morgan fingerprint density at radius 1 is 1.09 bits per heavy atom. The van der Waals surface area contributed by atoms with E-state index in [1.54, 1.807) is 12.1 Å². The van der Waals surface area contributed by atoms with E-state index in [-0.39, 0.29) is 18.2 Å². The number of rotatable bonds is 10. The smallest absolute Gasteiger partial charge is 0.163 e. The highest BCUT2D eigenvalue weighted by Gasteiger charge is 2.14. The number of aromatic nitrogens is 2. The van der Waals surface area contributed by atoms with Gasteiger partial charge in [0, 0.05) is 36.8 Å². The number of benzene rings is 2. The first kappa shape index (κ1) is 23.4. The third kappa shape index (κ3) is 6.20. The van der Waals surface area contributed by atoms with E-state index in [4.69, 9.17) is 25.8 Å². The summed E-state index contributed by atoms with van der Waals surface area (Å²) in [7, 11) is 0. The number of morpholine rings is 1. The molecule has 0 atom stereocenters. The number of nitrogens with one attached hydrogen (secondary N) is 1. The van der Waals surface area contributed by atoms with E-state index >= 15 is 0 Å². The van der Waals surface area contributed by atoms with Crippen LogP contribution < -0.4 is 14.8 Å². The average molecular weight is 477 g/mol. The van der Waals surface area contributed by atoms with Gasteiger partial charge in [0.05, 0.1) is 37.0 Å². The van der Waals surface area contributed by atoms with Crippen molar-refractivity contribution in [3.05, 3.63) is 47.5 Å². The van der Waals surface area contributed by atoms with Crippen molar-refractivity contribution >= 4 is 34.0 Å². The van der Waals surface area contributed by atoms with E-state index in [1.165, 1.54) is 18.5 Å². The summed E-state index contributed by atoms with van der Waals surface area (Å²) in [6.07, 6.45) is 2.27. The molecule has 0 aliphatic carbocycles. The summed E-state index contributed by atoms with van der Waals surface area (Å²) in [5.74, 6) is 1.06. The molecule has 0 spiro atoms. The molecule has 2 aromatic carbocycles. The number of hydrogen-bond donors (Lipinski definition) is 2. The Bertz CT molecular complexity index is 1080. The Kier molecular flexibility index (Phi) is 8.11. The normalized spacial score (nSPS) is 14.4. The zero-order valence-electron chi connectivity index (χ0n) is 18.1. The number of anilines is 2. The zero-order chi connectivity index (χ0) is 23.0. The summed E-state index contributed by atoms with van der Waals surface area (Å²) in [5.41, 5.74) is 1.23. The molecule has 0 unspecified atom stereocenters. The largest absolute Gasteiger partial charge is 0.490 e. The molecule has 33 heavy (non-hydrogen) atoms. The van der Waals surface area contributed by atoms with Crippen LogP contribution in [0.1, 0.15) is 6.42 Å². The SMILES string of the molecule is OCCOc1cc2ncnc(Nc3ccc(F)c(Cl)c3)c2cc1OCCCN1CCOCC1. The third-order valence-electron chi connectivity index (χ3n) is 5.21. The van der Waals surface area contributed by atoms with Crippen molar-refractivity contribution in [2.75, 3.05) is 58.0 Å². The lowest BCUT2D eigenvalue weighted by molar-refractivity contribution is 0.0357. The van der Waals surface area contributed by atoms with Gasteiger partial charge in [-0.05, 0) is 30.7 Å². The highest BCUT2D eigenvalue weighted by atomic mass is 35.5. The Balaban J connectivity index is 1.53. The molecule has 1 aromatic heterocycles. The van der Waals surface area contributed by atoms with Crippen molar-refractivity contribution < 1.29 is 23.7 Å². The Morgan fingerprint density at radius 3 is 2.67 bits per heavy atom. The maximum Gasteiger partial charge on any atom is 0.163 e. The molecule has 0 bridgehead atoms. The molecule has 10 heteroatoms. The van der Waals surface area contributed by atoms with Crippen molar-refractivity contribution in [1.29, 1.82) is 0 Å². The Labute approximate surface area is 196 Å². The predicted octanol–water partition coefficient (Wildman–Crippen LogP) is 3.64. The van der Waals surface area contributed by atoms with Gasteiger partial charge in [0.15, 0.2) is 11.5 Å². The maximum absolute atomic E-state index is 13.5. The first-order valence-corrected chi connectivity index (χ1v) is 11.2. The molecule has 1 aliphatic heterocycles. The maximum atomic E-state index is 13.5. The fourth-order valence-corrected chi connectivity index (χ4v) is 3.73. The molecule has 1 aliphatic rings. The topological polar surface area (TPSA) is 89.0 Å². The summed E-state index contributed by atoms with van der Waals surface area (Å²) >= 11 is 5.90. The van der Waals surface area contributed by atoms with Gasteiger partial charge >= 0.3 is 0 Å². The van der Waals surface area contributed by atoms with Crippen LogP contribution in [0.15, 0.2) is 36.7 Å². The van der Waals surface area contributed by atoms with Gasteiger partial charge in [-0.3, -0.25) is 4.90 Å². The van der Waals surface area contributed by atoms with E-state index in [1.807, 2.05) is 6.07 Å². The molecule has 0 amide bonds. The molecule has 2 heterocycles. The molecule has 0 saturated carbocycles. The molecule has 1 fully saturated rings. The summed E-state index contributed by atoms with van der Waals surface area (Å²) < 4.78 is 30.6. The third-order valence-corrected chi connectivity index (χ3v) is 5.50. The summed E-state index contributed by atoms with van der Waals surface area (Å²) in [4.78, 5) is 11.0. The van der Waals surface area contributed by atoms with Gasteiger partial charge in [-0.25, -0.2) is 14.4 Å². The molecule has 1 saturated heterocycles. The fourth-order valence-electron chi connectivity index (χ4n) is 3.55. The van der Waals surface area contributed by atoms with E-state index < -0.39 is 5.82 Å². The minimum absolute atomic E-state index is 0.0161. The number of ether oxygens (including phenoxy) is 3. The highest BCUT2D eigenvalue weighted by molar-refractivity contribution is 6.31. The van der Waals surface area contributed by atoms with Crippen molar-refractivity contribution in [3.8, 4) is 11.5 Å². The molecule has 0 radical (unpaired) electrons. The first-order valence-electron chi connectivity index (χ1n) is 10.8. The van der Waals surface area contributed by atoms with Crippen LogP contribution in [0, 0.1) is 5.82 Å². The van der Waals surface area contributed by atoms with Crippen molar-refractivity contribution in [3.63, 3.8) is 0 Å². The van der Waals surface area contributed by atoms with E-state index in [0.717, 1.165) is 39.3 Å². The number of aliphatic hydroxyl groups is 1. The lowest BCUT2D eigenvalue weighted by atomic mass is 10.2. The molecule has 3 aromatic rings. The van der Waals surface area contributed by atoms with Crippen LogP contribution in [0.4, 0.5) is 15.9 Å². The van der Waals surface area contributed by atoms with Gasteiger partial charge in [-0.1, -0.05) is 11.6 Å². The van der Waals surface area contributed by atoms with Gasteiger partial charge in [-0.2, -0.15) is 0 Å². The number of hydrogen-bond acceptors (Lipinski definition) is 8. The van der Waals surface area contributed by atoms with Crippen LogP contribution in [0.2, 0.25) is 5.02 Å². The quantitative estimate of drug-likeness (QED) is 0.429. The summed E-state index contributed by atoms with van der Waals surface area (Å²) in [6.45, 7) is 4.84. The second kappa shape index (κ2) is 11.4. The molecule has 4 rings (SSSR count). The van der Waals surface area contributed by atoms with Gasteiger partial charge in [-0.15, -0.1) is 0 Å². The second-order valence-electron chi connectivity index (χ2n) is 7.52. The fraction of sp³-hybridized carbons (Fsp3) is 0.391. The average Bonchev–Trinajstić information content (AvgIpc) is 2.83. The lowest BCUT2D eigenvalue weighted by Crippen LogP contribution is -2.37. The number of halogens is 2. The van der Waals surface area contributed by atoms with E-state index in [9.17, 15) is 9.50 Å². The Morgan fingerprint density at radius 2 is 1.88 bits per heavy atom. The number of nitrogens with zero attached hydrogens (tertiary/aromatic N) is 3. The summed E-state index contributed by atoms with van der Waals surface area (Å²) in [6, 6.07) is 7.93. The molecule has 8 nitrogen and oxygen atoms in total. The minimum atomic E-state index is -0.492. The van der Waals surface area contributed by atoms with Crippen LogP contribution in [-0.2, 0) is 4.74 Å². The van der Waals surface area contributed by atoms with Crippen LogP contribution >= 0.6 is 11.6 Å². The Hall–Kier alpha value is -2.72. The number of aliphatic hydroxyl groups excluding tert-OH is 1.